The first-order valence-electron chi connectivity index (χ1n) is 6.32. The van der Waals surface area contributed by atoms with Crippen molar-refractivity contribution in [3.05, 3.63) is 24.5 Å². The van der Waals surface area contributed by atoms with E-state index in [2.05, 4.69) is 15.6 Å². The molecule has 1 aromatic heterocycles. The Kier molecular flexibility index (Phi) is 4.74. The molecule has 1 aliphatic rings. The fourth-order valence-corrected chi connectivity index (χ4v) is 2.50. The van der Waals surface area contributed by atoms with Crippen LogP contribution in [0.5, 0.6) is 0 Å². The molecule has 2 N–H and O–H groups in total. The van der Waals surface area contributed by atoms with Crippen molar-refractivity contribution in [1.29, 1.82) is 0 Å². The molecule has 1 saturated carbocycles. The molecule has 1 aromatic rings. The van der Waals surface area contributed by atoms with E-state index in [0.717, 1.165) is 5.69 Å². The highest BCUT2D eigenvalue weighted by molar-refractivity contribution is 7.80. The van der Waals surface area contributed by atoms with Crippen LogP contribution in [-0.4, -0.2) is 16.1 Å². The Hall–Kier alpha value is -1.16. The first-order valence-corrected chi connectivity index (χ1v) is 6.73. The molecule has 1 heterocycles. The summed E-state index contributed by atoms with van der Waals surface area (Å²) in [6.07, 6.45) is 11.3. The summed E-state index contributed by atoms with van der Waals surface area (Å²) in [5.41, 5.74) is 0.943. The zero-order valence-electron chi connectivity index (χ0n) is 9.98. The summed E-state index contributed by atoms with van der Waals surface area (Å²) in [7, 11) is 0. The summed E-state index contributed by atoms with van der Waals surface area (Å²) in [5.74, 6) is 0. The van der Waals surface area contributed by atoms with Gasteiger partial charge in [0.2, 0.25) is 0 Å². The molecule has 0 unspecified atom stereocenters. The minimum atomic E-state index is 0.536. The van der Waals surface area contributed by atoms with E-state index < -0.39 is 0 Å². The van der Waals surface area contributed by atoms with Gasteiger partial charge in [-0.25, -0.2) is 0 Å². The molecule has 0 saturated heterocycles. The van der Waals surface area contributed by atoms with Crippen LogP contribution in [0, 0.1) is 0 Å². The van der Waals surface area contributed by atoms with Crippen LogP contribution < -0.4 is 10.6 Å². The van der Waals surface area contributed by atoms with E-state index >= 15 is 0 Å². The van der Waals surface area contributed by atoms with Crippen molar-refractivity contribution >= 4 is 23.0 Å². The van der Waals surface area contributed by atoms with Crippen LogP contribution in [0.4, 0.5) is 5.69 Å². The van der Waals surface area contributed by atoms with E-state index in [9.17, 15) is 0 Å². The molecule has 0 bridgehead atoms. The average molecular weight is 249 g/mol. The Bertz CT molecular complexity index is 345. The topological polar surface area (TPSA) is 37.0 Å². The molecule has 1 aliphatic carbocycles. The second kappa shape index (κ2) is 6.55. The lowest BCUT2D eigenvalue weighted by Gasteiger charge is -2.18. The molecular weight excluding hydrogens is 230 g/mol. The molecule has 0 aromatic carbocycles. The van der Waals surface area contributed by atoms with Gasteiger partial charge in [0.1, 0.15) is 0 Å². The highest BCUT2D eigenvalue weighted by atomic mass is 32.1. The first-order chi connectivity index (χ1) is 8.34. The van der Waals surface area contributed by atoms with Gasteiger partial charge in [-0.05, 0) is 37.2 Å². The van der Waals surface area contributed by atoms with E-state index in [0.29, 0.717) is 11.2 Å². The van der Waals surface area contributed by atoms with Crippen molar-refractivity contribution < 1.29 is 0 Å². The maximum absolute atomic E-state index is 5.31. The standard InChI is InChI=1S/C13H19N3S/c17-13(16-12-8-5-9-14-10-12)15-11-6-3-1-2-4-7-11/h5,8-11H,1-4,6-7H2,(H2,15,16,17). The van der Waals surface area contributed by atoms with Gasteiger partial charge in [-0.3, -0.25) is 4.98 Å². The lowest BCUT2D eigenvalue weighted by atomic mass is 10.1. The smallest absolute Gasteiger partial charge is 0.171 e. The van der Waals surface area contributed by atoms with Gasteiger partial charge in [0, 0.05) is 12.2 Å². The molecule has 3 nitrogen and oxygen atoms in total. The van der Waals surface area contributed by atoms with Crippen LogP contribution in [0.25, 0.3) is 0 Å². The summed E-state index contributed by atoms with van der Waals surface area (Å²) in [6.45, 7) is 0. The maximum Gasteiger partial charge on any atom is 0.171 e. The lowest BCUT2D eigenvalue weighted by molar-refractivity contribution is 0.535. The van der Waals surface area contributed by atoms with Crippen molar-refractivity contribution in [3.63, 3.8) is 0 Å². The van der Waals surface area contributed by atoms with Crippen LogP contribution in [0.1, 0.15) is 38.5 Å². The van der Waals surface area contributed by atoms with E-state index in [1.807, 2.05) is 12.1 Å². The van der Waals surface area contributed by atoms with E-state index in [-0.39, 0.29) is 0 Å². The fourth-order valence-electron chi connectivity index (χ4n) is 2.21. The number of pyridine rings is 1. The molecule has 92 valence electrons. The third-order valence-corrected chi connectivity index (χ3v) is 3.33. The SMILES string of the molecule is S=C(Nc1cccnc1)NC1CCCCCC1. The van der Waals surface area contributed by atoms with Crippen LogP contribution in [0.15, 0.2) is 24.5 Å². The molecule has 0 amide bonds. The quantitative estimate of drug-likeness (QED) is 0.624. The Balaban J connectivity index is 1.80. The van der Waals surface area contributed by atoms with Gasteiger partial charge < -0.3 is 10.6 Å². The number of hydrogen-bond acceptors (Lipinski definition) is 2. The highest BCUT2D eigenvalue weighted by Gasteiger charge is 2.12. The molecule has 0 spiro atoms. The third-order valence-electron chi connectivity index (χ3n) is 3.11. The molecule has 0 aliphatic heterocycles. The van der Waals surface area contributed by atoms with Gasteiger partial charge in [-0.1, -0.05) is 25.7 Å². The van der Waals surface area contributed by atoms with Crippen molar-refractivity contribution in [1.82, 2.24) is 10.3 Å². The van der Waals surface area contributed by atoms with E-state index in [1.54, 1.807) is 12.4 Å². The number of rotatable bonds is 2. The first kappa shape index (κ1) is 12.3. The highest BCUT2D eigenvalue weighted by Crippen LogP contribution is 2.17. The summed E-state index contributed by atoms with van der Waals surface area (Å²) < 4.78 is 0. The predicted molar refractivity (Wildman–Crippen MR) is 75.1 cm³/mol. The van der Waals surface area contributed by atoms with Crippen LogP contribution in [-0.2, 0) is 0 Å². The maximum atomic E-state index is 5.31. The van der Waals surface area contributed by atoms with E-state index in [1.165, 1.54) is 38.5 Å². The minimum Gasteiger partial charge on any atom is -0.360 e. The molecule has 17 heavy (non-hydrogen) atoms. The lowest BCUT2D eigenvalue weighted by Crippen LogP contribution is -2.37. The largest absolute Gasteiger partial charge is 0.360 e. The normalized spacial score (nSPS) is 17.2. The second-order valence-corrected chi connectivity index (χ2v) is 4.94. The molecule has 0 radical (unpaired) electrons. The van der Waals surface area contributed by atoms with Gasteiger partial charge in [0.15, 0.2) is 5.11 Å². The molecule has 2 rings (SSSR count). The summed E-state index contributed by atoms with van der Waals surface area (Å²) in [4.78, 5) is 4.05. The molecule has 4 heteroatoms. The zero-order valence-corrected chi connectivity index (χ0v) is 10.8. The van der Waals surface area contributed by atoms with Gasteiger partial charge in [-0.2, -0.15) is 0 Å². The monoisotopic (exact) mass is 249 g/mol. The van der Waals surface area contributed by atoms with Crippen molar-refractivity contribution in [3.8, 4) is 0 Å². The average Bonchev–Trinajstić information content (AvgIpc) is 2.59. The number of nitrogens with one attached hydrogen (secondary N) is 2. The Morgan fingerprint density at radius 3 is 2.65 bits per heavy atom. The molecular formula is C13H19N3S. The van der Waals surface area contributed by atoms with Crippen molar-refractivity contribution in [2.24, 2.45) is 0 Å². The zero-order chi connectivity index (χ0) is 11.9. The number of aromatic nitrogens is 1. The van der Waals surface area contributed by atoms with Gasteiger partial charge in [-0.15, -0.1) is 0 Å². The minimum absolute atomic E-state index is 0.536. The summed E-state index contributed by atoms with van der Waals surface area (Å²) in [6, 6.07) is 4.40. The number of thiocarbonyl (C=S) groups is 1. The number of anilines is 1. The van der Waals surface area contributed by atoms with Crippen molar-refractivity contribution in [2.75, 3.05) is 5.32 Å². The molecule has 1 fully saturated rings. The van der Waals surface area contributed by atoms with Gasteiger partial charge >= 0.3 is 0 Å². The van der Waals surface area contributed by atoms with Crippen molar-refractivity contribution in [2.45, 2.75) is 44.6 Å². The number of hydrogen-bond donors (Lipinski definition) is 2. The van der Waals surface area contributed by atoms with Gasteiger partial charge in [0.25, 0.3) is 0 Å². The van der Waals surface area contributed by atoms with Crippen LogP contribution in [0.3, 0.4) is 0 Å². The van der Waals surface area contributed by atoms with Crippen LogP contribution >= 0.6 is 12.2 Å². The third kappa shape index (κ3) is 4.30. The Morgan fingerprint density at radius 2 is 2.00 bits per heavy atom. The van der Waals surface area contributed by atoms with Crippen LogP contribution in [0.2, 0.25) is 0 Å². The predicted octanol–water partition coefficient (Wildman–Crippen LogP) is 3.09. The second-order valence-electron chi connectivity index (χ2n) is 4.53. The molecule has 0 atom stereocenters. The fraction of sp³-hybridized carbons (Fsp3) is 0.538. The van der Waals surface area contributed by atoms with E-state index in [4.69, 9.17) is 12.2 Å². The van der Waals surface area contributed by atoms with Gasteiger partial charge in [0.05, 0.1) is 11.9 Å². The summed E-state index contributed by atoms with van der Waals surface area (Å²) >= 11 is 5.31. The summed E-state index contributed by atoms with van der Waals surface area (Å²) in [5, 5.41) is 7.28. The Labute approximate surface area is 108 Å². The Morgan fingerprint density at radius 1 is 1.24 bits per heavy atom. The number of nitrogens with zero attached hydrogens (tertiary/aromatic N) is 1.